The molecule has 0 spiro atoms. The van der Waals surface area contributed by atoms with Crippen molar-refractivity contribution in [3.05, 3.63) is 94.4 Å². The van der Waals surface area contributed by atoms with Gasteiger partial charge in [0.2, 0.25) is 0 Å². The Hall–Kier alpha value is -4.35. The van der Waals surface area contributed by atoms with Gasteiger partial charge in [0.15, 0.2) is 0 Å². The average molecular weight is 477 g/mol. The predicted molar refractivity (Wildman–Crippen MR) is 127 cm³/mol. The van der Waals surface area contributed by atoms with E-state index in [0.717, 1.165) is 5.56 Å². The van der Waals surface area contributed by atoms with Crippen LogP contribution in [0.25, 0.3) is 6.08 Å². The van der Waals surface area contributed by atoms with Gasteiger partial charge in [-0.1, -0.05) is 48.0 Å². The van der Waals surface area contributed by atoms with E-state index in [1.807, 2.05) is 36.4 Å². The van der Waals surface area contributed by atoms with E-state index in [1.165, 1.54) is 12.1 Å². The molecule has 0 saturated heterocycles. The molecule has 1 heterocycles. The van der Waals surface area contributed by atoms with E-state index in [0.29, 0.717) is 29.4 Å². The molecule has 0 atom stereocenters. The van der Waals surface area contributed by atoms with Crippen molar-refractivity contribution in [2.24, 2.45) is 0 Å². The lowest BCUT2D eigenvalue weighted by Crippen LogP contribution is -2.34. The highest BCUT2D eigenvalue weighted by Gasteiger charge is 2.15. The van der Waals surface area contributed by atoms with Gasteiger partial charge in [0.1, 0.15) is 23.2 Å². The minimum atomic E-state index is -0.857. The monoisotopic (exact) mass is 476 g/mol. The van der Waals surface area contributed by atoms with Gasteiger partial charge >= 0.3 is 11.8 Å². The fourth-order valence-corrected chi connectivity index (χ4v) is 3.11. The van der Waals surface area contributed by atoms with Crippen molar-refractivity contribution in [1.29, 1.82) is 5.26 Å². The number of nitrogens with one attached hydrogen (secondary N) is 3. The molecule has 0 aliphatic heterocycles. The molecule has 0 saturated carbocycles. The zero-order chi connectivity index (χ0) is 24.3. The van der Waals surface area contributed by atoms with Crippen LogP contribution in [0.2, 0.25) is 5.02 Å². The standard InChI is InChI=1S/C25H21ClN4O4/c26-19-7-4-8-20(14-19)30-25(33)24(32)29-16-22-10-9-21(34-22)13-18(15-27)23(31)28-12-11-17-5-2-1-3-6-17/h1-10,13-14H,11-12,16H2,(H,28,31)(H,29,32)(H,30,33)/b18-13-. The van der Waals surface area contributed by atoms with Crippen molar-refractivity contribution in [3.63, 3.8) is 0 Å². The van der Waals surface area contributed by atoms with Gasteiger partial charge in [-0.2, -0.15) is 5.26 Å². The molecule has 3 N–H and O–H groups in total. The summed E-state index contributed by atoms with van der Waals surface area (Å²) in [6.07, 6.45) is 1.95. The zero-order valence-corrected chi connectivity index (χ0v) is 18.8. The Balaban J connectivity index is 1.49. The van der Waals surface area contributed by atoms with E-state index in [1.54, 1.807) is 30.3 Å². The quantitative estimate of drug-likeness (QED) is 0.261. The number of carbonyl (C=O) groups is 3. The van der Waals surface area contributed by atoms with Gasteiger partial charge in [-0.25, -0.2) is 0 Å². The summed E-state index contributed by atoms with van der Waals surface area (Å²) in [5, 5.41) is 17.3. The second-order valence-electron chi connectivity index (χ2n) is 7.11. The molecule has 172 valence electrons. The smallest absolute Gasteiger partial charge is 0.313 e. The first-order valence-electron chi connectivity index (χ1n) is 10.3. The maximum absolute atomic E-state index is 12.3. The summed E-state index contributed by atoms with van der Waals surface area (Å²) in [5.74, 6) is -1.61. The highest BCUT2D eigenvalue weighted by Crippen LogP contribution is 2.15. The van der Waals surface area contributed by atoms with E-state index in [4.69, 9.17) is 16.0 Å². The SMILES string of the molecule is N#C/C(=C/c1ccc(CNC(=O)C(=O)Nc2cccc(Cl)c2)o1)C(=O)NCCc1ccccc1. The third-order valence-electron chi connectivity index (χ3n) is 4.59. The number of hydrogen-bond donors (Lipinski definition) is 3. The van der Waals surface area contributed by atoms with E-state index in [-0.39, 0.29) is 17.9 Å². The predicted octanol–water partition coefficient (Wildman–Crippen LogP) is 3.45. The minimum absolute atomic E-state index is 0.0548. The van der Waals surface area contributed by atoms with Crippen molar-refractivity contribution in [3.8, 4) is 6.07 Å². The molecule has 8 nitrogen and oxygen atoms in total. The summed E-state index contributed by atoms with van der Waals surface area (Å²) in [5.41, 5.74) is 1.35. The van der Waals surface area contributed by atoms with Crippen LogP contribution in [-0.4, -0.2) is 24.3 Å². The van der Waals surface area contributed by atoms with Crippen LogP contribution >= 0.6 is 11.6 Å². The molecule has 0 aliphatic carbocycles. The van der Waals surface area contributed by atoms with Crippen LogP contribution in [0.4, 0.5) is 5.69 Å². The lowest BCUT2D eigenvalue weighted by Gasteiger charge is -2.06. The van der Waals surface area contributed by atoms with Crippen LogP contribution < -0.4 is 16.0 Å². The van der Waals surface area contributed by atoms with Crippen LogP contribution in [0, 0.1) is 11.3 Å². The topological polar surface area (TPSA) is 124 Å². The molecule has 1 aromatic heterocycles. The Morgan fingerprint density at radius 2 is 1.74 bits per heavy atom. The molecule has 0 bridgehead atoms. The number of hydrogen-bond acceptors (Lipinski definition) is 5. The molecule has 9 heteroatoms. The lowest BCUT2D eigenvalue weighted by molar-refractivity contribution is -0.136. The Morgan fingerprint density at radius 1 is 0.941 bits per heavy atom. The number of rotatable bonds is 8. The number of benzene rings is 2. The van der Waals surface area contributed by atoms with Crippen molar-refractivity contribution < 1.29 is 18.8 Å². The van der Waals surface area contributed by atoms with Gasteiger partial charge in [-0.3, -0.25) is 14.4 Å². The summed E-state index contributed by atoms with van der Waals surface area (Å²) in [7, 11) is 0. The van der Waals surface area contributed by atoms with Gasteiger partial charge in [-0.05, 0) is 42.3 Å². The number of amides is 3. The van der Waals surface area contributed by atoms with E-state index in [2.05, 4.69) is 16.0 Å². The molecule has 0 unspecified atom stereocenters. The van der Waals surface area contributed by atoms with Crippen LogP contribution in [0.15, 0.2) is 76.7 Å². The highest BCUT2D eigenvalue weighted by atomic mass is 35.5. The normalized spacial score (nSPS) is 10.8. The Bertz CT molecular complexity index is 1250. The number of nitrogens with zero attached hydrogens (tertiary/aromatic N) is 1. The van der Waals surface area contributed by atoms with Crippen molar-refractivity contribution in [2.75, 3.05) is 11.9 Å². The molecular formula is C25H21ClN4O4. The first-order chi connectivity index (χ1) is 16.4. The van der Waals surface area contributed by atoms with Crippen molar-refractivity contribution in [1.82, 2.24) is 10.6 Å². The van der Waals surface area contributed by atoms with Gasteiger partial charge in [0, 0.05) is 23.3 Å². The molecule has 0 aliphatic rings. The Kier molecular flexibility index (Phi) is 8.60. The number of anilines is 1. The maximum atomic E-state index is 12.3. The number of halogens is 1. The summed E-state index contributed by atoms with van der Waals surface area (Å²) in [4.78, 5) is 36.3. The molecule has 34 heavy (non-hydrogen) atoms. The second-order valence-corrected chi connectivity index (χ2v) is 7.55. The summed E-state index contributed by atoms with van der Waals surface area (Å²) >= 11 is 5.85. The van der Waals surface area contributed by atoms with E-state index in [9.17, 15) is 19.6 Å². The Morgan fingerprint density at radius 3 is 2.47 bits per heavy atom. The van der Waals surface area contributed by atoms with Gasteiger partial charge in [0.05, 0.1) is 6.54 Å². The Labute approximate surface area is 201 Å². The van der Waals surface area contributed by atoms with Crippen LogP contribution in [-0.2, 0) is 27.3 Å². The molecule has 0 fully saturated rings. The third-order valence-corrected chi connectivity index (χ3v) is 4.82. The van der Waals surface area contributed by atoms with E-state index >= 15 is 0 Å². The van der Waals surface area contributed by atoms with Crippen LogP contribution in [0.1, 0.15) is 17.1 Å². The summed E-state index contributed by atoms with van der Waals surface area (Å²) in [6.45, 7) is 0.329. The van der Waals surface area contributed by atoms with Crippen LogP contribution in [0.3, 0.4) is 0 Å². The van der Waals surface area contributed by atoms with Gasteiger partial charge < -0.3 is 20.4 Å². The zero-order valence-electron chi connectivity index (χ0n) is 18.0. The molecule has 0 radical (unpaired) electrons. The molecule has 2 aromatic carbocycles. The number of nitriles is 1. The fraction of sp³-hybridized carbons (Fsp3) is 0.120. The molecule has 3 aromatic rings. The third kappa shape index (κ3) is 7.36. The van der Waals surface area contributed by atoms with E-state index < -0.39 is 17.7 Å². The van der Waals surface area contributed by atoms with Gasteiger partial charge in [0.25, 0.3) is 5.91 Å². The lowest BCUT2D eigenvalue weighted by atomic mass is 10.1. The number of carbonyl (C=O) groups excluding carboxylic acids is 3. The highest BCUT2D eigenvalue weighted by molar-refractivity contribution is 6.39. The maximum Gasteiger partial charge on any atom is 0.313 e. The first-order valence-corrected chi connectivity index (χ1v) is 10.7. The molecular weight excluding hydrogens is 456 g/mol. The second kappa shape index (κ2) is 12.0. The summed E-state index contributed by atoms with van der Waals surface area (Å²) < 4.78 is 5.53. The first kappa shape index (κ1) is 24.3. The molecule has 3 amide bonds. The summed E-state index contributed by atoms with van der Waals surface area (Å²) in [6, 6.07) is 21.1. The molecule has 3 rings (SSSR count). The minimum Gasteiger partial charge on any atom is -0.460 e. The average Bonchev–Trinajstić information content (AvgIpc) is 3.29. The number of furan rings is 1. The largest absolute Gasteiger partial charge is 0.460 e. The fourth-order valence-electron chi connectivity index (χ4n) is 2.92. The van der Waals surface area contributed by atoms with Crippen LogP contribution in [0.5, 0.6) is 0 Å². The van der Waals surface area contributed by atoms with Crippen molar-refractivity contribution >= 4 is 41.1 Å². The van der Waals surface area contributed by atoms with Crippen molar-refractivity contribution in [2.45, 2.75) is 13.0 Å². The van der Waals surface area contributed by atoms with Gasteiger partial charge in [-0.15, -0.1) is 0 Å².